The van der Waals surface area contributed by atoms with Crippen LogP contribution in [0.2, 0.25) is 0 Å². The number of hydrogen-bond donors (Lipinski definition) is 2. The highest BCUT2D eigenvalue weighted by Crippen LogP contribution is 2.05. The lowest BCUT2D eigenvalue weighted by atomic mass is 10.1. The van der Waals surface area contributed by atoms with Crippen molar-refractivity contribution in [2.75, 3.05) is 19.7 Å². The van der Waals surface area contributed by atoms with E-state index in [2.05, 4.69) is 15.6 Å². The number of rotatable bonds is 11. The summed E-state index contributed by atoms with van der Waals surface area (Å²) in [4.78, 5) is 15.7. The maximum absolute atomic E-state index is 12.9. The number of carbonyl (C=O) groups is 1. The van der Waals surface area contributed by atoms with Crippen molar-refractivity contribution in [3.05, 3.63) is 35.6 Å². The smallest absolute Gasteiger partial charge is 0.305 e. The van der Waals surface area contributed by atoms with Gasteiger partial charge in [-0.05, 0) is 44.4 Å². The first-order chi connectivity index (χ1) is 12.2. The summed E-state index contributed by atoms with van der Waals surface area (Å²) in [7, 11) is 0. The van der Waals surface area contributed by atoms with E-state index < -0.39 is 0 Å². The molecule has 0 aliphatic carbocycles. The van der Waals surface area contributed by atoms with Gasteiger partial charge in [-0.15, -0.1) is 24.0 Å². The molecule has 0 radical (unpaired) electrons. The number of nitrogens with zero attached hydrogens (tertiary/aromatic N) is 1. The molecular formula is C19H31FIN3O2. The fourth-order valence-corrected chi connectivity index (χ4v) is 2.29. The van der Waals surface area contributed by atoms with Crippen molar-refractivity contribution in [2.24, 2.45) is 4.99 Å². The van der Waals surface area contributed by atoms with Gasteiger partial charge in [-0.2, -0.15) is 0 Å². The molecule has 0 heterocycles. The Labute approximate surface area is 173 Å². The molecule has 0 fully saturated rings. The first kappa shape index (κ1) is 24.6. The van der Waals surface area contributed by atoms with Gasteiger partial charge in [0.15, 0.2) is 5.96 Å². The maximum atomic E-state index is 12.9. The summed E-state index contributed by atoms with van der Waals surface area (Å²) in [6.07, 6.45) is 4.47. The number of unbranched alkanes of at least 4 members (excludes halogenated alkanes) is 3. The standard InChI is InChI=1S/C19H30FN3O2.HI/c1-3-21-19(23-15-16-10-12-17(20)13-11-16)22-14-8-6-5-7-9-18(24)25-4-2;/h10-13H,3-9,14-15H2,1-2H3,(H2,21,22,23);1H. The zero-order valence-electron chi connectivity index (χ0n) is 15.7. The molecule has 0 bridgehead atoms. The zero-order chi connectivity index (χ0) is 18.3. The highest BCUT2D eigenvalue weighted by molar-refractivity contribution is 14.0. The predicted octanol–water partition coefficient (Wildman–Crippen LogP) is 4.01. The minimum atomic E-state index is -0.235. The third kappa shape index (κ3) is 12.1. The van der Waals surface area contributed by atoms with Gasteiger partial charge in [0.05, 0.1) is 13.2 Å². The van der Waals surface area contributed by atoms with Crippen molar-refractivity contribution in [3.63, 3.8) is 0 Å². The summed E-state index contributed by atoms with van der Waals surface area (Å²) in [5.74, 6) is 0.419. The molecule has 148 valence electrons. The molecule has 0 saturated carbocycles. The molecule has 0 atom stereocenters. The number of guanidine groups is 1. The van der Waals surface area contributed by atoms with Crippen LogP contribution in [0.25, 0.3) is 0 Å². The molecule has 1 aromatic carbocycles. The molecule has 0 aromatic heterocycles. The second-order valence-corrected chi connectivity index (χ2v) is 5.72. The van der Waals surface area contributed by atoms with E-state index in [4.69, 9.17) is 4.74 Å². The Hall–Kier alpha value is -1.38. The Bertz CT molecular complexity index is 524. The van der Waals surface area contributed by atoms with Gasteiger partial charge in [0, 0.05) is 19.5 Å². The highest BCUT2D eigenvalue weighted by atomic mass is 127. The fourth-order valence-electron chi connectivity index (χ4n) is 2.29. The molecule has 0 aliphatic rings. The Morgan fingerprint density at radius 1 is 1.08 bits per heavy atom. The Morgan fingerprint density at radius 3 is 2.42 bits per heavy atom. The average Bonchev–Trinajstić information content (AvgIpc) is 2.60. The van der Waals surface area contributed by atoms with E-state index in [1.165, 1.54) is 12.1 Å². The summed E-state index contributed by atoms with van der Waals surface area (Å²) in [5.41, 5.74) is 0.970. The van der Waals surface area contributed by atoms with Gasteiger partial charge in [0.25, 0.3) is 0 Å². The molecule has 2 N–H and O–H groups in total. The van der Waals surface area contributed by atoms with Crippen LogP contribution < -0.4 is 10.6 Å². The van der Waals surface area contributed by atoms with Crippen LogP contribution >= 0.6 is 24.0 Å². The summed E-state index contributed by atoms with van der Waals surface area (Å²) in [6.45, 7) is 6.42. The quantitative estimate of drug-likeness (QED) is 0.166. The monoisotopic (exact) mass is 479 g/mol. The Kier molecular flexibility index (Phi) is 15.0. The van der Waals surface area contributed by atoms with Crippen molar-refractivity contribution >= 4 is 35.9 Å². The van der Waals surface area contributed by atoms with Crippen molar-refractivity contribution in [1.29, 1.82) is 0 Å². The maximum Gasteiger partial charge on any atom is 0.305 e. The van der Waals surface area contributed by atoms with Crippen LogP contribution in [0.1, 0.15) is 51.5 Å². The first-order valence-electron chi connectivity index (χ1n) is 9.08. The van der Waals surface area contributed by atoms with Gasteiger partial charge >= 0.3 is 5.97 Å². The second-order valence-electron chi connectivity index (χ2n) is 5.72. The average molecular weight is 479 g/mol. The number of aliphatic imine (C=N–C) groups is 1. The molecule has 0 aliphatic heterocycles. The SMILES string of the molecule is CCNC(=NCc1ccc(F)cc1)NCCCCCCC(=O)OCC.I. The van der Waals surface area contributed by atoms with Gasteiger partial charge in [-0.3, -0.25) is 4.79 Å². The molecule has 0 spiro atoms. The van der Waals surface area contributed by atoms with E-state index >= 15 is 0 Å². The lowest BCUT2D eigenvalue weighted by Crippen LogP contribution is -2.37. The van der Waals surface area contributed by atoms with E-state index in [0.29, 0.717) is 19.6 Å². The molecule has 5 nitrogen and oxygen atoms in total. The third-order valence-corrected chi connectivity index (χ3v) is 3.58. The molecular weight excluding hydrogens is 448 g/mol. The van der Waals surface area contributed by atoms with Crippen LogP contribution in [-0.4, -0.2) is 31.6 Å². The predicted molar refractivity (Wildman–Crippen MR) is 114 cm³/mol. The summed E-state index contributed by atoms with van der Waals surface area (Å²) in [6, 6.07) is 6.38. The van der Waals surface area contributed by atoms with E-state index in [9.17, 15) is 9.18 Å². The molecule has 0 unspecified atom stereocenters. The summed E-state index contributed by atoms with van der Waals surface area (Å²) < 4.78 is 17.8. The normalized spacial score (nSPS) is 10.8. The molecule has 0 amide bonds. The Morgan fingerprint density at radius 2 is 1.77 bits per heavy atom. The lowest BCUT2D eigenvalue weighted by molar-refractivity contribution is -0.143. The van der Waals surface area contributed by atoms with Crippen molar-refractivity contribution in [2.45, 2.75) is 52.5 Å². The third-order valence-electron chi connectivity index (χ3n) is 3.58. The molecule has 7 heteroatoms. The van der Waals surface area contributed by atoms with E-state index in [1.54, 1.807) is 12.1 Å². The van der Waals surface area contributed by atoms with Gasteiger partial charge in [0.2, 0.25) is 0 Å². The van der Waals surface area contributed by atoms with Crippen molar-refractivity contribution < 1.29 is 13.9 Å². The van der Waals surface area contributed by atoms with Crippen LogP contribution in [0.3, 0.4) is 0 Å². The van der Waals surface area contributed by atoms with Crippen molar-refractivity contribution in [1.82, 2.24) is 10.6 Å². The number of halogens is 2. The largest absolute Gasteiger partial charge is 0.466 e. The van der Waals surface area contributed by atoms with Gasteiger partial charge < -0.3 is 15.4 Å². The van der Waals surface area contributed by atoms with Crippen LogP contribution in [0.4, 0.5) is 4.39 Å². The number of benzene rings is 1. The topological polar surface area (TPSA) is 62.7 Å². The summed E-state index contributed by atoms with van der Waals surface area (Å²) in [5, 5.41) is 6.49. The number of hydrogen-bond acceptors (Lipinski definition) is 3. The van der Waals surface area contributed by atoms with E-state index in [1.807, 2.05) is 13.8 Å². The summed E-state index contributed by atoms with van der Waals surface area (Å²) >= 11 is 0. The van der Waals surface area contributed by atoms with Crippen LogP contribution in [0, 0.1) is 5.82 Å². The zero-order valence-corrected chi connectivity index (χ0v) is 18.1. The second kappa shape index (κ2) is 15.8. The molecule has 1 aromatic rings. The van der Waals surface area contributed by atoms with Crippen molar-refractivity contribution in [3.8, 4) is 0 Å². The van der Waals surface area contributed by atoms with E-state index in [0.717, 1.165) is 50.3 Å². The molecule has 1 rings (SSSR count). The number of carbonyl (C=O) groups excluding carboxylic acids is 1. The Balaban J connectivity index is 0.00000625. The van der Waals surface area contributed by atoms with Crippen LogP contribution in [-0.2, 0) is 16.1 Å². The van der Waals surface area contributed by atoms with Gasteiger partial charge in [-0.25, -0.2) is 9.38 Å². The minimum Gasteiger partial charge on any atom is -0.466 e. The van der Waals surface area contributed by atoms with E-state index in [-0.39, 0.29) is 35.8 Å². The van der Waals surface area contributed by atoms with Gasteiger partial charge in [-0.1, -0.05) is 25.0 Å². The van der Waals surface area contributed by atoms with Gasteiger partial charge in [0.1, 0.15) is 5.82 Å². The van der Waals surface area contributed by atoms with Crippen LogP contribution in [0.15, 0.2) is 29.3 Å². The minimum absolute atomic E-state index is 0. The number of ether oxygens (including phenoxy) is 1. The lowest BCUT2D eigenvalue weighted by Gasteiger charge is -2.11. The first-order valence-corrected chi connectivity index (χ1v) is 9.08. The number of nitrogens with one attached hydrogen (secondary N) is 2. The highest BCUT2D eigenvalue weighted by Gasteiger charge is 2.01. The van der Waals surface area contributed by atoms with Crippen LogP contribution in [0.5, 0.6) is 0 Å². The molecule has 26 heavy (non-hydrogen) atoms. The fraction of sp³-hybridized carbons (Fsp3) is 0.579. The molecule has 0 saturated heterocycles. The number of esters is 1.